The zero-order valence-electron chi connectivity index (χ0n) is 16.4. The fraction of sp³-hybridized carbons (Fsp3) is 0.136. The number of fused-ring (bicyclic) bond motifs is 2. The second-order valence-corrected chi connectivity index (χ2v) is 7.82. The molecule has 9 heteroatoms. The third-order valence-corrected chi connectivity index (χ3v) is 6.00. The van der Waals surface area contributed by atoms with Crippen LogP contribution in [0, 0.1) is 0 Å². The number of amides is 2. The monoisotopic (exact) mass is 432 g/mol. The lowest BCUT2D eigenvalue weighted by Crippen LogP contribution is -2.33. The van der Waals surface area contributed by atoms with Crippen LogP contribution in [0.25, 0.3) is 21.6 Å². The van der Waals surface area contributed by atoms with Gasteiger partial charge in [0.15, 0.2) is 12.4 Å². The standard InChI is InChI=1S/C22H16N4O4S/c1-2-26-19-16(11-23-26)15(10-17(24-19)18-8-5-9-31-18)22(29)30-12-25-20(27)13-6-3-4-7-14(13)21(25)28/h3-11H,2,12H2,1H3. The third-order valence-electron chi connectivity index (χ3n) is 5.11. The van der Waals surface area contributed by atoms with E-state index in [2.05, 4.69) is 10.1 Å². The van der Waals surface area contributed by atoms with Gasteiger partial charge in [-0.1, -0.05) is 18.2 Å². The summed E-state index contributed by atoms with van der Waals surface area (Å²) < 4.78 is 7.09. The summed E-state index contributed by atoms with van der Waals surface area (Å²) in [6.45, 7) is 2.06. The molecule has 0 fully saturated rings. The Balaban J connectivity index is 1.46. The Kier molecular flexibility index (Phi) is 4.59. The van der Waals surface area contributed by atoms with Crippen LogP contribution < -0.4 is 0 Å². The minimum absolute atomic E-state index is 0.282. The zero-order chi connectivity index (χ0) is 21.5. The van der Waals surface area contributed by atoms with Gasteiger partial charge in [0, 0.05) is 6.54 Å². The number of hydrogen-bond acceptors (Lipinski definition) is 7. The Labute approximate surface area is 180 Å². The highest BCUT2D eigenvalue weighted by Crippen LogP contribution is 2.29. The van der Waals surface area contributed by atoms with Crippen LogP contribution in [-0.2, 0) is 11.3 Å². The summed E-state index contributed by atoms with van der Waals surface area (Å²) in [5, 5.41) is 6.78. The molecule has 4 heterocycles. The van der Waals surface area contributed by atoms with Crippen LogP contribution in [0.4, 0.5) is 0 Å². The lowest BCUT2D eigenvalue weighted by Gasteiger charge is -2.14. The summed E-state index contributed by atoms with van der Waals surface area (Å²) in [4.78, 5) is 44.5. The highest BCUT2D eigenvalue weighted by molar-refractivity contribution is 7.13. The van der Waals surface area contributed by atoms with E-state index >= 15 is 0 Å². The highest BCUT2D eigenvalue weighted by Gasteiger charge is 2.36. The molecule has 0 bridgehead atoms. The maximum absolute atomic E-state index is 13.0. The number of hydrogen-bond donors (Lipinski definition) is 0. The molecule has 0 saturated carbocycles. The Bertz CT molecular complexity index is 1310. The van der Waals surface area contributed by atoms with Gasteiger partial charge in [-0.15, -0.1) is 11.3 Å². The van der Waals surface area contributed by atoms with Gasteiger partial charge in [-0.3, -0.25) is 9.59 Å². The first kappa shape index (κ1) is 19.1. The molecule has 1 aromatic carbocycles. The van der Waals surface area contributed by atoms with Crippen LogP contribution >= 0.6 is 11.3 Å². The predicted molar refractivity (Wildman–Crippen MR) is 114 cm³/mol. The number of aromatic nitrogens is 3. The van der Waals surface area contributed by atoms with E-state index in [1.807, 2.05) is 24.4 Å². The van der Waals surface area contributed by atoms with Crippen molar-refractivity contribution in [2.24, 2.45) is 0 Å². The highest BCUT2D eigenvalue weighted by atomic mass is 32.1. The Hall–Kier alpha value is -3.85. The van der Waals surface area contributed by atoms with Crippen molar-refractivity contribution in [3.63, 3.8) is 0 Å². The van der Waals surface area contributed by atoms with E-state index < -0.39 is 24.5 Å². The number of rotatable bonds is 5. The fourth-order valence-corrected chi connectivity index (χ4v) is 4.24. The molecule has 1 aliphatic rings. The SMILES string of the molecule is CCn1ncc2c(C(=O)OCN3C(=O)c4ccccc4C3=O)cc(-c3cccs3)nc21. The van der Waals surface area contributed by atoms with E-state index in [9.17, 15) is 14.4 Å². The first-order chi connectivity index (χ1) is 15.1. The Morgan fingerprint density at radius 1 is 1.10 bits per heavy atom. The third kappa shape index (κ3) is 3.10. The lowest BCUT2D eigenvalue weighted by atomic mass is 10.1. The quantitative estimate of drug-likeness (QED) is 0.353. The molecule has 3 aromatic heterocycles. The summed E-state index contributed by atoms with van der Waals surface area (Å²) >= 11 is 1.51. The molecule has 1 aliphatic heterocycles. The average molecular weight is 432 g/mol. The molecule has 0 spiro atoms. The maximum atomic E-state index is 13.0. The first-order valence-electron chi connectivity index (χ1n) is 9.61. The molecule has 5 rings (SSSR count). The molecule has 4 aromatic rings. The molecule has 154 valence electrons. The smallest absolute Gasteiger partial charge is 0.340 e. The Morgan fingerprint density at radius 2 is 1.84 bits per heavy atom. The maximum Gasteiger partial charge on any atom is 0.340 e. The minimum atomic E-state index is -0.655. The second-order valence-electron chi connectivity index (χ2n) is 6.87. The van der Waals surface area contributed by atoms with E-state index in [4.69, 9.17) is 4.74 Å². The number of esters is 1. The number of carbonyl (C=O) groups is 3. The fourth-order valence-electron chi connectivity index (χ4n) is 3.56. The Morgan fingerprint density at radius 3 is 2.48 bits per heavy atom. The van der Waals surface area contributed by atoms with Gasteiger partial charge in [-0.05, 0) is 36.6 Å². The number of ether oxygens (including phenoxy) is 1. The number of benzene rings is 1. The second kappa shape index (κ2) is 7.44. The molecule has 2 amide bonds. The number of pyridine rings is 1. The number of carbonyl (C=O) groups excluding carboxylic acids is 3. The van der Waals surface area contributed by atoms with E-state index in [0.717, 1.165) is 9.78 Å². The van der Waals surface area contributed by atoms with E-state index in [1.54, 1.807) is 41.2 Å². The normalized spacial score (nSPS) is 13.1. The number of imide groups is 1. The molecule has 0 aliphatic carbocycles. The van der Waals surface area contributed by atoms with Crippen molar-refractivity contribution in [1.29, 1.82) is 0 Å². The largest absolute Gasteiger partial charge is 0.440 e. The number of nitrogens with zero attached hydrogens (tertiary/aromatic N) is 4. The van der Waals surface area contributed by atoms with Crippen molar-refractivity contribution in [3.8, 4) is 10.6 Å². The summed E-state index contributed by atoms with van der Waals surface area (Å²) in [6.07, 6.45) is 1.57. The van der Waals surface area contributed by atoms with Crippen molar-refractivity contribution in [1.82, 2.24) is 19.7 Å². The topological polar surface area (TPSA) is 94.4 Å². The van der Waals surface area contributed by atoms with Gasteiger partial charge >= 0.3 is 5.97 Å². The molecule has 0 saturated heterocycles. The summed E-state index contributed by atoms with van der Waals surface area (Å²) in [7, 11) is 0. The minimum Gasteiger partial charge on any atom is -0.440 e. The molecular formula is C22H16N4O4S. The van der Waals surface area contributed by atoms with Crippen LogP contribution in [0.15, 0.2) is 54.0 Å². The van der Waals surface area contributed by atoms with Crippen molar-refractivity contribution >= 4 is 40.2 Å². The number of aryl methyl sites for hydroxylation is 1. The van der Waals surface area contributed by atoms with Crippen LogP contribution in [-0.4, -0.2) is 44.2 Å². The predicted octanol–water partition coefficient (Wildman–Crippen LogP) is 3.59. The van der Waals surface area contributed by atoms with Crippen molar-refractivity contribution in [3.05, 3.63) is 70.7 Å². The summed E-state index contributed by atoms with van der Waals surface area (Å²) in [6, 6.07) is 12.0. The van der Waals surface area contributed by atoms with E-state index in [0.29, 0.717) is 34.4 Å². The van der Waals surface area contributed by atoms with Gasteiger partial charge in [0.2, 0.25) is 0 Å². The molecule has 0 radical (unpaired) electrons. The van der Waals surface area contributed by atoms with Gasteiger partial charge in [0.1, 0.15) is 0 Å². The number of thiophene rings is 1. The summed E-state index contributed by atoms with van der Waals surface area (Å²) in [5.41, 5.74) is 2.09. The molecule has 8 nitrogen and oxygen atoms in total. The van der Waals surface area contributed by atoms with Gasteiger partial charge in [-0.2, -0.15) is 5.10 Å². The van der Waals surface area contributed by atoms with E-state index in [1.165, 1.54) is 11.3 Å². The van der Waals surface area contributed by atoms with Gasteiger partial charge in [-0.25, -0.2) is 19.4 Å². The first-order valence-corrected chi connectivity index (χ1v) is 10.5. The molecule has 0 N–H and O–H groups in total. The van der Waals surface area contributed by atoms with Crippen molar-refractivity contribution < 1.29 is 19.1 Å². The summed E-state index contributed by atoms with van der Waals surface area (Å²) in [5.74, 6) is -1.62. The molecule has 0 unspecified atom stereocenters. The van der Waals surface area contributed by atoms with Crippen LogP contribution in [0.3, 0.4) is 0 Å². The van der Waals surface area contributed by atoms with Crippen molar-refractivity contribution in [2.75, 3.05) is 6.73 Å². The van der Waals surface area contributed by atoms with Crippen LogP contribution in [0.5, 0.6) is 0 Å². The average Bonchev–Trinajstić information content (AvgIpc) is 3.52. The van der Waals surface area contributed by atoms with Gasteiger partial charge in [0.25, 0.3) is 11.8 Å². The lowest BCUT2D eigenvalue weighted by molar-refractivity contribution is 0.0229. The van der Waals surface area contributed by atoms with Gasteiger partial charge in [0.05, 0.1) is 38.8 Å². The van der Waals surface area contributed by atoms with Crippen LogP contribution in [0.1, 0.15) is 38.0 Å². The van der Waals surface area contributed by atoms with Gasteiger partial charge < -0.3 is 4.74 Å². The zero-order valence-corrected chi connectivity index (χ0v) is 17.3. The van der Waals surface area contributed by atoms with E-state index in [-0.39, 0.29) is 5.56 Å². The molecule has 31 heavy (non-hydrogen) atoms. The molecule has 0 atom stereocenters. The van der Waals surface area contributed by atoms with Crippen LogP contribution in [0.2, 0.25) is 0 Å². The van der Waals surface area contributed by atoms with Crippen molar-refractivity contribution in [2.45, 2.75) is 13.5 Å². The molecular weight excluding hydrogens is 416 g/mol.